The minimum Gasteiger partial charge on any atom is -0.299 e. The van der Waals surface area contributed by atoms with Crippen LogP contribution in [0.1, 0.15) is 56.1 Å². The van der Waals surface area contributed by atoms with Gasteiger partial charge in [-0.1, -0.05) is 43.3 Å². The van der Waals surface area contributed by atoms with E-state index >= 15 is 0 Å². The lowest BCUT2D eigenvalue weighted by Gasteiger charge is -2.10. The van der Waals surface area contributed by atoms with Gasteiger partial charge in [-0.2, -0.15) is 0 Å². The normalized spacial score (nSPS) is 14.5. The number of hydrogen-bond donors (Lipinski definition) is 0. The van der Waals surface area contributed by atoms with Crippen molar-refractivity contribution in [3.8, 4) is 0 Å². The number of carbonyl (C=O) groups excluding carboxylic acids is 1. The lowest BCUT2D eigenvalue weighted by Crippen LogP contribution is -2.02. The van der Waals surface area contributed by atoms with Crippen LogP contribution in [0.4, 0.5) is 0 Å². The predicted molar refractivity (Wildman–Crippen MR) is 75.8 cm³/mol. The van der Waals surface area contributed by atoms with Crippen molar-refractivity contribution in [3.05, 3.63) is 47.5 Å². The molecule has 0 spiro atoms. The first-order chi connectivity index (χ1) is 8.70. The highest BCUT2D eigenvalue weighted by Crippen LogP contribution is 2.42. The van der Waals surface area contributed by atoms with Gasteiger partial charge in [0, 0.05) is 12.8 Å². The van der Waals surface area contributed by atoms with Gasteiger partial charge in [0.2, 0.25) is 0 Å². The Bertz CT molecular complexity index is 441. The maximum atomic E-state index is 11.6. The number of hydrogen-bond acceptors (Lipinski definition) is 1. The lowest BCUT2D eigenvalue weighted by atomic mass is 9.95. The van der Waals surface area contributed by atoms with Crippen LogP contribution in [0.15, 0.2) is 36.4 Å². The Balaban J connectivity index is 1.96. The van der Waals surface area contributed by atoms with Crippen LogP contribution in [-0.4, -0.2) is 5.78 Å². The molecule has 1 aliphatic carbocycles. The average Bonchev–Trinajstić information content (AvgIpc) is 3.13. The Hall–Kier alpha value is -1.37. The zero-order valence-corrected chi connectivity index (χ0v) is 11.2. The molecule has 2 rings (SSSR count). The molecule has 96 valence electrons. The second kappa shape index (κ2) is 5.99. The Morgan fingerprint density at radius 2 is 2.06 bits per heavy atom. The molecule has 0 bridgehead atoms. The Morgan fingerprint density at radius 3 is 2.72 bits per heavy atom. The van der Waals surface area contributed by atoms with Gasteiger partial charge in [0.05, 0.1) is 0 Å². The van der Waals surface area contributed by atoms with Crippen LogP contribution in [0, 0.1) is 0 Å². The smallest absolute Gasteiger partial charge is 0.136 e. The van der Waals surface area contributed by atoms with Gasteiger partial charge in [-0.05, 0) is 42.7 Å². The molecule has 0 heterocycles. The molecule has 0 aliphatic heterocycles. The Kier molecular flexibility index (Phi) is 4.35. The summed E-state index contributed by atoms with van der Waals surface area (Å²) < 4.78 is 0. The summed E-state index contributed by atoms with van der Waals surface area (Å²) in [5.41, 5.74) is 3.90. The van der Waals surface area contributed by atoms with E-state index < -0.39 is 0 Å². The number of allylic oxidation sites excluding steroid dienone is 1. The highest BCUT2D eigenvalue weighted by Gasteiger charge is 2.25. The van der Waals surface area contributed by atoms with Crippen LogP contribution >= 0.6 is 0 Å². The summed E-state index contributed by atoms with van der Waals surface area (Å²) in [7, 11) is 0. The van der Waals surface area contributed by atoms with E-state index in [1.54, 1.807) is 0 Å². The third-order valence-electron chi connectivity index (χ3n) is 3.49. The molecule has 0 radical (unpaired) electrons. The standard InChI is InChI=1S/C17H22O/c1-3-6-16(18)12-13(2)11-15-7-4-5-8-17(15)14-9-10-14/h4-5,7-8,14H,2-3,6,9-12H2,1H3. The summed E-state index contributed by atoms with van der Waals surface area (Å²) in [5, 5.41) is 0. The Labute approximate surface area is 110 Å². The van der Waals surface area contributed by atoms with E-state index in [1.807, 2.05) is 6.92 Å². The second-order valence-corrected chi connectivity index (χ2v) is 5.37. The average molecular weight is 242 g/mol. The summed E-state index contributed by atoms with van der Waals surface area (Å²) in [6, 6.07) is 8.61. The van der Waals surface area contributed by atoms with Crippen molar-refractivity contribution >= 4 is 5.78 Å². The molecule has 1 heteroatoms. The lowest BCUT2D eigenvalue weighted by molar-refractivity contribution is -0.118. The van der Waals surface area contributed by atoms with Gasteiger partial charge in [-0.15, -0.1) is 0 Å². The predicted octanol–water partition coefficient (Wildman–Crippen LogP) is 4.42. The molecule has 0 unspecified atom stereocenters. The van der Waals surface area contributed by atoms with Crippen molar-refractivity contribution in [3.63, 3.8) is 0 Å². The monoisotopic (exact) mass is 242 g/mol. The molecular formula is C17H22O. The fourth-order valence-electron chi connectivity index (χ4n) is 2.47. The van der Waals surface area contributed by atoms with Crippen LogP contribution in [0.2, 0.25) is 0 Å². The van der Waals surface area contributed by atoms with Gasteiger partial charge >= 0.3 is 0 Å². The van der Waals surface area contributed by atoms with Crippen LogP contribution in [0.5, 0.6) is 0 Å². The van der Waals surface area contributed by atoms with Gasteiger partial charge in [0.25, 0.3) is 0 Å². The van der Waals surface area contributed by atoms with Crippen molar-refractivity contribution in [1.29, 1.82) is 0 Å². The molecule has 1 saturated carbocycles. The van der Waals surface area contributed by atoms with Crippen molar-refractivity contribution in [2.24, 2.45) is 0 Å². The fraction of sp³-hybridized carbons (Fsp3) is 0.471. The number of carbonyl (C=O) groups is 1. The molecule has 18 heavy (non-hydrogen) atoms. The summed E-state index contributed by atoms with van der Waals surface area (Å²) in [6.45, 7) is 6.12. The first kappa shape index (κ1) is 13.1. The SMILES string of the molecule is C=C(CC(=O)CCC)Cc1ccccc1C1CC1. The van der Waals surface area contributed by atoms with Gasteiger partial charge in [-0.3, -0.25) is 4.79 Å². The van der Waals surface area contributed by atoms with E-state index in [-0.39, 0.29) is 0 Å². The molecular weight excluding hydrogens is 220 g/mol. The highest BCUT2D eigenvalue weighted by atomic mass is 16.1. The minimum atomic E-state index is 0.325. The molecule has 1 aromatic rings. The molecule has 1 aliphatic rings. The van der Waals surface area contributed by atoms with Gasteiger partial charge < -0.3 is 0 Å². The summed E-state index contributed by atoms with van der Waals surface area (Å²) in [6.07, 6.45) is 5.67. The third kappa shape index (κ3) is 3.56. The van der Waals surface area contributed by atoms with E-state index in [9.17, 15) is 4.79 Å². The minimum absolute atomic E-state index is 0.325. The summed E-state index contributed by atoms with van der Waals surface area (Å²) >= 11 is 0. The van der Waals surface area contributed by atoms with Crippen molar-refractivity contribution < 1.29 is 4.79 Å². The fourth-order valence-corrected chi connectivity index (χ4v) is 2.47. The van der Waals surface area contributed by atoms with Crippen LogP contribution in [-0.2, 0) is 11.2 Å². The first-order valence-corrected chi connectivity index (χ1v) is 6.97. The molecule has 0 aromatic heterocycles. The van der Waals surface area contributed by atoms with Crippen LogP contribution < -0.4 is 0 Å². The second-order valence-electron chi connectivity index (χ2n) is 5.37. The topological polar surface area (TPSA) is 17.1 Å². The zero-order valence-electron chi connectivity index (χ0n) is 11.2. The van der Waals surface area contributed by atoms with Crippen LogP contribution in [0.3, 0.4) is 0 Å². The molecule has 0 amide bonds. The number of Topliss-reactive ketones (excluding diaryl/α,β-unsaturated/α-hetero) is 1. The molecule has 1 aromatic carbocycles. The molecule has 0 atom stereocenters. The quantitative estimate of drug-likeness (QED) is 0.647. The molecule has 1 nitrogen and oxygen atoms in total. The largest absolute Gasteiger partial charge is 0.299 e. The summed E-state index contributed by atoms with van der Waals surface area (Å²) in [5.74, 6) is 1.09. The highest BCUT2D eigenvalue weighted by molar-refractivity contribution is 5.80. The number of benzene rings is 1. The van der Waals surface area contributed by atoms with E-state index in [0.717, 1.165) is 24.3 Å². The van der Waals surface area contributed by atoms with Gasteiger partial charge in [0.1, 0.15) is 5.78 Å². The van der Waals surface area contributed by atoms with E-state index in [1.165, 1.54) is 24.0 Å². The molecule has 0 N–H and O–H groups in total. The van der Waals surface area contributed by atoms with Crippen molar-refractivity contribution in [2.45, 2.75) is 51.4 Å². The van der Waals surface area contributed by atoms with Crippen LogP contribution in [0.25, 0.3) is 0 Å². The van der Waals surface area contributed by atoms with E-state index in [2.05, 4.69) is 30.8 Å². The van der Waals surface area contributed by atoms with Gasteiger partial charge in [-0.25, -0.2) is 0 Å². The van der Waals surface area contributed by atoms with Crippen molar-refractivity contribution in [2.75, 3.05) is 0 Å². The Morgan fingerprint density at radius 1 is 1.33 bits per heavy atom. The maximum Gasteiger partial charge on any atom is 0.136 e. The maximum absolute atomic E-state index is 11.6. The molecule has 1 fully saturated rings. The first-order valence-electron chi connectivity index (χ1n) is 6.97. The summed E-state index contributed by atoms with van der Waals surface area (Å²) in [4.78, 5) is 11.6. The number of ketones is 1. The van der Waals surface area contributed by atoms with Gasteiger partial charge in [0.15, 0.2) is 0 Å². The zero-order chi connectivity index (χ0) is 13.0. The van der Waals surface area contributed by atoms with E-state index in [0.29, 0.717) is 18.6 Å². The van der Waals surface area contributed by atoms with E-state index in [4.69, 9.17) is 0 Å². The van der Waals surface area contributed by atoms with Crippen molar-refractivity contribution in [1.82, 2.24) is 0 Å². The third-order valence-corrected chi connectivity index (χ3v) is 3.49. The number of rotatable bonds is 7. The molecule has 0 saturated heterocycles.